The van der Waals surface area contributed by atoms with Crippen molar-refractivity contribution in [2.75, 3.05) is 13.2 Å². The number of sulfonamides is 1. The molecule has 1 N–H and O–H groups in total. The monoisotopic (exact) mass is 255 g/mol. The van der Waals surface area contributed by atoms with Crippen LogP contribution in [0.2, 0.25) is 0 Å². The second-order valence-electron chi connectivity index (χ2n) is 4.23. The molecule has 0 aliphatic carbocycles. The van der Waals surface area contributed by atoms with Gasteiger partial charge >= 0.3 is 0 Å². The molecule has 1 aliphatic heterocycles. The van der Waals surface area contributed by atoms with Crippen molar-refractivity contribution in [1.29, 1.82) is 0 Å². The molecule has 1 aliphatic rings. The van der Waals surface area contributed by atoms with Crippen LogP contribution in [0.3, 0.4) is 0 Å². The maximum atomic E-state index is 11.8. The van der Waals surface area contributed by atoms with Gasteiger partial charge in [0.25, 0.3) is 0 Å². The molecule has 1 aromatic carbocycles. The van der Waals surface area contributed by atoms with E-state index in [1.165, 1.54) is 0 Å². The highest BCUT2D eigenvalue weighted by Crippen LogP contribution is 2.11. The maximum Gasteiger partial charge on any atom is 0.215 e. The van der Waals surface area contributed by atoms with Crippen LogP contribution in [-0.4, -0.2) is 27.7 Å². The normalized spacial score (nSPS) is 20.6. The molecule has 5 heteroatoms. The van der Waals surface area contributed by atoms with Crippen molar-refractivity contribution < 1.29 is 13.2 Å². The molecule has 0 unspecified atom stereocenters. The van der Waals surface area contributed by atoms with Crippen molar-refractivity contribution in [1.82, 2.24) is 4.72 Å². The van der Waals surface area contributed by atoms with Crippen LogP contribution < -0.4 is 4.72 Å². The topological polar surface area (TPSA) is 55.4 Å². The van der Waals surface area contributed by atoms with E-state index in [0.29, 0.717) is 6.54 Å². The number of benzene rings is 1. The first-order valence-corrected chi connectivity index (χ1v) is 7.44. The highest BCUT2D eigenvalue weighted by molar-refractivity contribution is 7.88. The van der Waals surface area contributed by atoms with E-state index in [0.717, 1.165) is 25.0 Å². The molecule has 1 fully saturated rings. The molecule has 1 saturated heterocycles. The van der Waals surface area contributed by atoms with Crippen LogP contribution in [0.25, 0.3) is 0 Å². The summed E-state index contributed by atoms with van der Waals surface area (Å²) >= 11 is 0. The minimum Gasteiger partial charge on any atom is -0.377 e. The summed E-state index contributed by atoms with van der Waals surface area (Å²) in [5.74, 6) is 0.0283. The molecule has 0 bridgehead atoms. The van der Waals surface area contributed by atoms with Gasteiger partial charge in [-0.1, -0.05) is 30.3 Å². The van der Waals surface area contributed by atoms with Crippen LogP contribution in [0, 0.1) is 0 Å². The van der Waals surface area contributed by atoms with Crippen molar-refractivity contribution in [3.8, 4) is 0 Å². The predicted molar refractivity (Wildman–Crippen MR) is 66.0 cm³/mol. The van der Waals surface area contributed by atoms with Crippen LogP contribution in [0.5, 0.6) is 0 Å². The molecule has 0 saturated carbocycles. The first-order chi connectivity index (χ1) is 8.16. The summed E-state index contributed by atoms with van der Waals surface area (Å²) < 4.78 is 31.5. The largest absolute Gasteiger partial charge is 0.377 e. The Balaban J connectivity index is 1.86. The molecule has 0 aromatic heterocycles. The zero-order valence-electron chi connectivity index (χ0n) is 9.63. The lowest BCUT2D eigenvalue weighted by Crippen LogP contribution is -2.32. The van der Waals surface area contributed by atoms with Gasteiger partial charge in [0.2, 0.25) is 10.0 Å². The Morgan fingerprint density at radius 2 is 2.06 bits per heavy atom. The smallest absolute Gasteiger partial charge is 0.215 e. The lowest BCUT2D eigenvalue weighted by atomic mass is 10.2. The number of hydrogen-bond acceptors (Lipinski definition) is 3. The van der Waals surface area contributed by atoms with E-state index in [4.69, 9.17) is 4.74 Å². The Morgan fingerprint density at radius 1 is 1.29 bits per heavy atom. The highest BCUT2D eigenvalue weighted by Gasteiger charge is 2.18. The van der Waals surface area contributed by atoms with E-state index in [1.807, 2.05) is 30.3 Å². The van der Waals surface area contributed by atoms with Crippen molar-refractivity contribution in [3.05, 3.63) is 35.9 Å². The van der Waals surface area contributed by atoms with E-state index in [2.05, 4.69) is 4.72 Å². The van der Waals surface area contributed by atoms with Gasteiger partial charge in [0.15, 0.2) is 0 Å². The maximum absolute atomic E-state index is 11.8. The lowest BCUT2D eigenvalue weighted by Gasteiger charge is -2.11. The fraction of sp³-hybridized carbons (Fsp3) is 0.500. The summed E-state index contributed by atoms with van der Waals surface area (Å²) in [5.41, 5.74) is 0.798. The summed E-state index contributed by atoms with van der Waals surface area (Å²) in [6.07, 6.45) is 2.00. The van der Waals surface area contributed by atoms with Gasteiger partial charge in [-0.05, 0) is 18.4 Å². The molecule has 2 rings (SSSR count). The van der Waals surface area contributed by atoms with Crippen molar-refractivity contribution in [2.24, 2.45) is 0 Å². The Labute approximate surface area is 102 Å². The van der Waals surface area contributed by atoms with Crippen molar-refractivity contribution >= 4 is 10.0 Å². The van der Waals surface area contributed by atoms with E-state index in [1.54, 1.807) is 0 Å². The zero-order valence-corrected chi connectivity index (χ0v) is 10.4. The lowest BCUT2D eigenvalue weighted by molar-refractivity contribution is 0.114. The minimum atomic E-state index is -3.25. The molecular formula is C12H17NO3S. The summed E-state index contributed by atoms with van der Waals surface area (Å²) in [7, 11) is -3.25. The van der Waals surface area contributed by atoms with Crippen LogP contribution >= 0.6 is 0 Å². The first kappa shape index (κ1) is 12.5. The van der Waals surface area contributed by atoms with E-state index >= 15 is 0 Å². The molecule has 17 heavy (non-hydrogen) atoms. The van der Waals surface area contributed by atoms with Crippen LogP contribution in [0.15, 0.2) is 30.3 Å². The van der Waals surface area contributed by atoms with Crippen LogP contribution in [-0.2, 0) is 20.5 Å². The molecule has 0 amide bonds. The fourth-order valence-electron chi connectivity index (χ4n) is 1.87. The predicted octanol–water partition coefficient (Wildman–Crippen LogP) is 1.28. The SMILES string of the molecule is O=S(=O)(Cc1ccccc1)NC[C@@H]1CCCO1. The van der Waals surface area contributed by atoms with E-state index < -0.39 is 10.0 Å². The Kier molecular flexibility index (Phi) is 4.15. The highest BCUT2D eigenvalue weighted by atomic mass is 32.2. The number of nitrogens with one attached hydrogen (secondary N) is 1. The third-order valence-corrected chi connectivity index (χ3v) is 4.07. The number of rotatable bonds is 5. The molecule has 0 spiro atoms. The summed E-state index contributed by atoms with van der Waals surface area (Å²) in [6, 6.07) is 9.17. The van der Waals surface area contributed by atoms with Crippen LogP contribution in [0.1, 0.15) is 18.4 Å². The van der Waals surface area contributed by atoms with Crippen molar-refractivity contribution in [2.45, 2.75) is 24.7 Å². The summed E-state index contributed by atoms with van der Waals surface area (Å²) in [4.78, 5) is 0. The third kappa shape index (κ3) is 4.11. The average Bonchev–Trinajstić information content (AvgIpc) is 2.80. The fourth-order valence-corrected chi connectivity index (χ4v) is 3.04. The Bertz CT molecular complexity index is 438. The van der Waals surface area contributed by atoms with E-state index in [9.17, 15) is 8.42 Å². The van der Waals surface area contributed by atoms with Gasteiger partial charge in [0.1, 0.15) is 0 Å². The standard InChI is InChI=1S/C12H17NO3S/c14-17(15,10-11-5-2-1-3-6-11)13-9-12-7-4-8-16-12/h1-3,5-6,12-13H,4,7-10H2/t12-/m0/s1. The zero-order chi connectivity index (χ0) is 12.1. The van der Waals surface area contributed by atoms with Gasteiger partial charge in [0.05, 0.1) is 11.9 Å². The van der Waals surface area contributed by atoms with Crippen molar-refractivity contribution in [3.63, 3.8) is 0 Å². The Morgan fingerprint density at radius 3 is 2.71 bits per heavy atom. The molecule has 94 valence electrons. The molecule has 1 atom stereocenters. The molecule has 1 heterocycles. The average molecular weight is 255 g/mol. The quantitative estimate of drug-likeness (QED) is 0.862. The number of ether oxygens (including phenoxy) is 1. The van der Waals surface area contributed by atoms with Gasteiger partial charge in [-0.15, -0.1) is 0 Å². The third-order valence-electron chi connectivity index (χ3n) is 2.75. The summed E-state index contributed by atoms with van der Waals surface area (Å²) in [6.45, 7) is 1.13. The van der Waals surface area contributed by atoms with E-state index in [-0.39, 0.29) is 11.9 Å². The molecular weight excluding hydrogens is 238 g/mol. The van der Waals surface area contributed by atoms with Gasteiger partial charge in [-0.25, -0.2) is 13.1 Å². The molecule has 0 radical (unpaired) electrons. The van der Waals surface area contributed by atoms with Gasteiger partial charge < -0.3 is 4.74 Å². The van der Waals surface area contributed by atoms with Gasteiger partial charge in [-0.2, -0.15) is 0 Å². The van der Waals surface area contributed by atoms with Crippen LogP contribution in [0.4, 0.5) is 0 Å². The molecule has 4 nitrogen and oxygen atoms in total. The van der Waals surface area contributed by atoms with Gasteiger partial charge in [-0.3, -0.25) is 0 Å². The first-order valence-electron chi connectivity index (χ1n) is 5.78. The second kappa shape index (κ2) is 5.62. The minimum absolute atomic E-state index is 0.0283. The number of hydrogen-bond donors (Lipinski definition) is 1. The Hall–Kier alpha value is -0.910. The second-order valence-corrected chi connectivity index (χ2v) is 6.04. The van der Waals surface area contributed by atoms with Gasteiger partial charge in [0, 0.05) is 13.2 Å². The molecule has 1 aromatic rings. The summed E-state index contributed by atoms with van der Waals surface area (Å²) in [5, 5.41) is 0.